The minimum Gasteiger partial charge on any atom is -0.392 e. The molecule has 2 N–H and O–H groups in total. The molecule has 0 spiro atoms. The van der Waals surface area contributed by atoms with E-state index >= 15 is 0 Å². The second-order valence-electron chi connectivity index (χ2n) is 6.11. The number of aryl methyl sites for hydroxylation is 1. The lowest BCUT2D eigenvalue weighted by Gasteiger charge is -2.44. The molecule has 2 bridgehead atoms. The summed E-state index contributed by atoms with van der Waals surface area (Å²) >= 11 is 0. The summed E-state index contributed by atoms with van der Waals surface area (Å²) in [6, 6.07) is 4.94. The van der Waals surface area contributed by atoms with Crippen LogP contribution in [0.2, 0.25) is 0 Å². The number of rotatable bonds is 4. The molecule has 3 aliphatic rings. The highest BCUT2D eigenvalue weighted by molar-refractivity contribution is 7.89. The van der Waals surface area contributed by atoms with Crippen molar-refractivity contribution in [2.24, 2.45) is 5.92 Å². The Morgan fingerprint density at radius 1 is 1.33 bits per heavy atom. The van der Waals surface area contributed by atoms with Gasteiger partial charge in [0.2, 0.25) is 10.0 Å². The summed E-state index contributed by atoms with van der Waals surface area (Å²) in [6.07, 6.45) is 2.14. The molecule has 1 aromatic rings. The van der Waals surface area contributed by atoms with E-state index in [9.17, 15) is 13.5 Å². The van der Waals surface area contributed by atoms with E-state index in [1.807, 2.05) is 6.92 Å². The third-order valence-corrected chi connectivity index (χ3v) is 6.25. The number of hydrogen-bond acceptors (Lipinski definition) is 4. The fraction of sp³-hybridized carbons (Fsp3) is 0.600. The van der Waals surface area contributed by atoms with Gasteiger partial charge in [-0.3, -0.25) is 0 Å². The van der Waals surface area contributed by atoms with E-state index < -0.39 is 10.0 Å². The van der Waals surface area contributed by atoms with Crippen molar-refractivity contribution in [2.75, 3.05) is 19.6 Å². The Bertz CT molecular complexity index is 622. The number of fused-ring (bicyclic) bond motifs is 3. The van der Waals surface area contributed by atoms with Crippen LogP contribution in [0.5, 0.6) is 0 Å². The van der Waals surface area contributed by atoms with Crippen LogP contribution < -0.4 is 4.72 Å². The Labute approximate surface area is 126 Å². The first-order valence-corrected chi connectivity index (χ1v) is 8.93. The monoisotopic (exact) mass is 310 g/mol. The van der Waals surface area contributed by atoms with Gasteiger partial charge in [0.15, 0.2) is 0 Å². The number of aliphatic hydroxyl groups excluding tert-OH is 1. The van der Waals surface area contributed by atoms with Crippen molar-refractivity contribution in [1.82, 2.24) is 9.62 Å². The first kappa shape index (κ1) is 15.0. The first-order valence-electron chi connectivity index (χ1n) is 7.44. The van der Waals surface area contributed by atoms with E-state index in [0.717, 1.165) is 38.0 Å². The van der Waals surface area contributed by atoms with E-state index in [0.29, 0.717) is 11.5 Å². The van der Waals surface area contributed by atoms with Crippen LogP contribution >= 0.6 is 0 Å². The van der Waals surface area contributed by atoms with Gasteiger partial charge in [0.25, 0.3) is 0 Å². The van der Waals surface area contributed by atoms with E-state index in [1.165, 1.54) is 0 Å². The van der Waals surface area contributed by atoms with Crippen LogP contribution in [0.15, 0.2) is 23.1 Å². The normalized spacial score (nSPS) is 28.8. The molecule has 21 heavy (non-hydrogen) atoms. The van der Waals surface area contributed by atoms with Crippen LogP contribution in [0, 0.1) is 12.8 Å². The van der Waals surface area contributed by atoms with Crippen molar-refractivity contribution < 1.29 is 13.5 Å². The topological polar surface area (TPSA) is 69.6 Å². The average molecular weight is 310 g/mol. The molecule has 1 unspecified atom stereocenters. The van der Waals surface area contributed by atoms with Crippen LogP contribution in [0.25, 0.3) is 0 Å². The van der Waals surface area contributed by atoms with Gasteiger partial charge in [-0.1, -0.05) is 6.07 Å². The van der Waals surface area contributed by atoms with Gasteiger partial charge >= 0.3 is 0 Å². The molecule has 3 aliphatic heterocycles. The molecule has 1 aromatic carbocycles. The zero-order chi connectivity index (χ0) is 15.0. The highest BCUT2D eigenvalue weighted by Gasteiger charge is 2.36. The molecule has 1 atom stereocenters. The summed E-state index contributed by atoms with van der Waals surface area (Å²) in [4.78, 5) is 2.56. The molecule has 0 radical (unpaired) electrons. The maximum atomic E-state index is 12.5. The van der Waals surface area contributed by atoms with Gasteiger partial charge in [-0.25, -0.2) is 13.1 Å². The largest absolute Gasteiger partial charge is 0.392 e. The molecule has 4 rings (SSSR count). The number of nitrogens with one attached hydrogen (secondary N) is 1. The third-order valence-electron chi connectivity index (χ3n) is 4.76. The Morgan fingerprint density at radius 2 is 2.05 bits per heavy atom. The number of benzene rings is 1. The van der Waals surface area contributed by atoms with Gasteiger partial charge in [-0.15, -0.1) is 0 Å². The number of piperidine rings is 3. The van der Waals surface area contributed by atoms with Gasteiger partial charge in [-0.05, 0) is 62.0 Å². The van der Waals surface area contributed by atoms with Gasteiger partial charge in [0.1, 0.15) is 0 Å². The van der Waals surface area contributed by atoms with Crippen molar-refractivity contribution in [3.05, 3.63) is 29.3 Å². The van der Waals surface area contributed by atoms with E-state index in [1.54, 1.807) is 18.2 Å². The summed E-state index contributed by atoms with van der Waals surface area (Å²) < 4.78 is 28.0. The molecule has 0 aliphatic carbocycles. The Morgan fingerprint density at radius 3 is 2.62 bits per heavy atom. The van der Waals surface area contributed by atoms with Gasteiger partial charge < -0.3 is 10.0 Å². The summed E-state index contributed by atoms with van der Waals surface area (Å²) in [5, 5.41) is 9.29. The van der Waals surface area contributed by atoms with Crippen molar-refractivity contribution in [2.45, 2.75) is 37.3 Å². The molecule has 0 amide bonds. The Hall–Kier alpha value is -0.950. The predicted molar refractivity (Wildman–Crippen MR) is 80.4 cm³/mol. The minimum absolute atomic E-state index is 0.0105. The van der Waals surface area contributed by atoms with Crippen molar-refractivity contribution in [3.8, 4) is 0 Å². The maximum absolute atomic E-state index is 12.5. The first-order chi connectivity index (χ1) is 9.99. The van der Waals surface area contributed by atoms with Crippen LogP contribution in [0.4, 0.5) is 0 Å². The fourth-order valence-corrected chi connectivity index (χ4v) is 4.70. The number of hydrogen-bond donors (Lipinski definition) is 2. The van der Waals surface area contributed by atoms with E-state index in [4.69, 9.17) is 0 Å². The Balaban J connectivity index is 1.81. The molecule has 0 saturated carbocycles. The molecule has 3 saturated heterocycles. The molecular formula is C15H22N2O3S. The standard InChI is InChI=1S/C15H22N2O3S/c1-11-2-3-14(8-13(11)10-18)21(19,20)16-15-9-17-6-4-12(15)5-7-17/h2-3,8,12,15-16,18H,4-7,9-10H2,1H3. The fourth-order valence-electron chi connectivity index (χ4n) is 3.35. The Kier molecular flexibility index (Phi) is 4.05. The number of sulfonamides is 1. The maximum Gasteiger partial charge on any atom is 0.240 e. The van der Waals surface area contributed by atoms with Crippen molar-refractivity contribution in [1.29, 1.82) is 0 Å². The summed E-state index contributed by atoms with van der Waals surface area (Å²) in [5.41, 5.74) is 1.56. The highest BCUT2D eigenvalue weighted by Crippen LogP contribution is 2.28. The molecule has 3 fully saturated rings. The molecule has 0 aromatic heterocycles. The average Bonchev–Trinajstić information content (AvgIpc) is 2.48. The SMILES string of the molecule is Cc1ccc(S(=O)(=O)NC2CN3CCC2CC3)cc1CO. The third kappa shape index (κ3) is 2.99. The van der Waals surface area contributed by atoms with Gasteiger partial charge in [0.05, 0.1) is 11.5 Å². The van der Waals surface area contributed by atoms with E-state index in [2.05, 4.69) is 9.62 Å². The molecule has 3 heterocycles. The number of nitrogens with zero attached hydrogens (tertiary/aromatic N) is 1. The summed E-state index contributed by atoms with van der Waals surface area (Å²) in [5.74, 6) is 0.451. The summed E-state index contributed by atoms with van der Waals surface area (Å²) in [6.45, 7) is 4.70. The van der Waals surface area contributed by atoms with Gasteiger partial charge in [-0.2, -0.15) is 0 Å². The van der Waals surface area contributed by atoms with Crippen LogP contribution in [-0.4, -0.2) is 44.1 Å². The molecular weight excluding hydrogens is 288 g/mol. The lowest BCUT2D eigenvalue weighted by Crippen LogP contribution is -2.57. The van der Waals surface area contributed by atoms with Crippen LogP contribution in [0.1, 0.15) is 24.0 Å². The molecule has 116 valence electrons. The smallest absolute Gasteiger partial charge is 0.240 e. The second kappa shape index (κ2) is 5.68. The lowest BCUT2D eigenvalue weighted by molar-refractivity contribution is 0.0827. The summed E-state index contributed by atoms with van der Waals surface area (Å²) in [7, 11) is -3.52. The number of aliphatic hydroxyl groups is 1. The van der Waals surface area contributed by atoms with E-state index in [-0.39, 0.29) is 17.5 Å². The second-order valence-corrected chi connectivity index (χ2v) is 7.83. The molecule has 5 nitrogen and oxygen atoms in total. The minimum atomic E-state index is -3.52. The lowest BCUT2D eigenvalue weighted by atomic mass is 9.85. The van der Waals surface area contributed by atoms with Crippen molar-refractivity contribution in [3.63, 3.8) is 0 Å². The molecule has 6 heteroatoms. The van der Waals surface area contributed by atoms with Crippen LogP contribution in [-0.2, 0) is 16.6 Å². The zero-order valence-corrected chi connectivity index (χ0v) is 13.1. The van der Waals surface area contributed by atoms with Crippen LogP contribution in [0.3, 0.4) is 0 Å². The van der Waals surface area contributed by atoms with Gasteiger partial charge in [0, 0.05) is 12.6 Å². The predicted octanol–water partition coefficient (Wildman–Crippen LogP) is 0.860. The quantitative estimate of drug-likeness (QED) is 0.865. The van der Waals surface area contributed by atoms with Crippen molar-refractivity contribution >= 4 is 10.0 Å². The zero-order valence-electron chi connectivity index (χ0n) is 12.2. The highest BCUT2D eigenvalue weighted by atomic mass is 32.2.